The van der Waals surface area contributed by atoms with Crippen LogP contribution in [0, 0.1) is 5.92 Å². The van der Waals surface area contributed by atoms with Gasteiger partial charge in [0.25, 0.3) is 5.91 Å². The summed E-state index contributed by atoms with van der Waals surface area (Å²) in [4.78, 5) is 32.6. The topological polar surface area (TPSA) is 100 Å². The number of piperidine rings is 1. The van der Waals surface area contributed by atoms with Crippen molar-refractivity contribution in [3.05, 3.63) is 94.8 Å². The van der Waals surface area contributed by atoms with E-state index in [0.29, 0.717) is 46.8 Å². The smallest absolute Gasteiger partial charge is 0.255 e. The molecule has 2 N–H and O–H groups in total. The van der Waals surface area contributed by atoms with Crippen LogP contribution in [0.2, 0.25) is 5.02 Å². The van der Waals surface area contributed by atoms with Gasteiger partial charge in [-0.15, -0.1) is 0 Å². The van der Waals surface area contributed by atoms with E-state index in [2.05, 4.69) is 46.4 Å². The molecule has 1 atom stereocenters. The van der Waals surface area contributed by atoms with Crippen molar-refractivity contribution in [1.29, 1.82) is 0 Å². The first-order chi connectivity index (χ1) is 19.6. The number of anilines is 2. The van der Waals surface area contributed by atoms with Gasteiger partial charge in [0.2, 0.25) is 17.6 Å². The van der Waals surface area contributed by atoms with Gasteiger partial charge in [0, 0.05) is 34.1 Å². The zero-order valence-electron chi connectivity index (χ0n) is 23.5. The molecular weight excluding hydrogens is 538 g/mol. The summed E-state index contributed by atoms with van der Waals surface area (Å²) in [7, 11) is 0. The highest BCUT2D eigenvalue weighted by Crippen LogP contribution is 2.25. The van der Waals surface area contributed by atoms with Gasteiger partial charge in [-0.2, -0.15) is 4.98 Å². The van der Waals surface area contributed by atoms with E-state index in [-0.39, 0.29) is 23.1 Å². The molecule has 1 fully saturated rings. The van der Waals surface area contributed by atoms with Gasteiger partial charge < -0.3 is 15.2 Å². The van der Waals surface area contributed by atoms with Crippen molar-refractivity contribution in [3.63, 3.8) is 0 Å². The number of nitrogens with zero attached hydrogens (tertiary/aromatic N) is 3. The molecule has 0 radical (unpaired) electrons. The van der Waals surface area contributed by atoms with Crippen molar-refractivity contribution >= 4 is 34.8 Å². The standard InChI is InChI=1S/C32H34ClN5O3/c1-32(2,3)24-13-9-22(10-14-24)30(39)34-26-7-4-8-27(18-26)35-31(40)23-6-5-17-38(19-23)20-28-36-29(37-41-28)21-11-15-25(33)16-12-21/h4,7-16,18,23H,5-6,17,19-20H2,1-3H3,(H,34,39)(H,35,40). The number of nitrogens with one attached hydrogen (secondary N) is 2. The Labute approximate surface area is 245 Å². The molecule has 1 aromatic heterocycles. The van der Waals surface area contributed by atoms with E-state index in [1.54, 1.807) is 18.2 Å². The van der Waals surface area contributed by atoms with Gasteiger partial charge in [-0.25, -0.2) is 0 Å². The number of carbonyl (C=O) groups excluding carboxylic acids is 2. The first kappa shape index (κ1) is 28.5. The van der Waals surface area contributed by atoms with Crippen molar-refractivity contribution in [2.24, 2.45) is 5.92 Å². The molecule has 0 saturated carbocycles. The summed E-state index contributed by atoms with van der Waals surface area (Å²) >= 11 is 5.97. The fourth-order valence-corrected chi connectivity index (χ4v) is 5.01. The van der Waals surface area contributed by atoms with Crippen LogP contribution in [0.3, 0.4) is 0 Å². The Balaban J connectivity index is 1.16. The molecule has 3 aromatic carbocycles. The molecule has 2 heterocycles. The summed E-state index contributed by atoms with van der Waals surface area (Å²) < 4.78 is 5.47. The minimum atomic E-state index is -0.197. The monoisotopic (exact) mass is 571 g/mol. The molecule has 1 aliphatic heterocycles. The number of amides is 2. The minimum absolute atomic E-state index is 0.0191. The number of halogens is 1. The normalized spacial score (nSPS) is 15.9. The summed E-state index contributed by atoms with van der Waals surface area (Å²) in [5.74, 6) is 0.590. The maximum atomic E-state index is 13.2. The predicted octanol–water partition coefficient (Wildman–Crippen LogP) is 6.79. The lowest BCUT2D eigenvalue weighted by Crippen LogP contribution is -2.40. The molecule has 4 aromatic rings. The molecule has 0 aliphatic carbocycles. The van der Waals surface area contributed by atoms with Gasteiger partial charge in [-0.05, 0) is 85.0 Å². The minimum Gasteiger partial charge on any atom is -0.338 e. The SMILES string of the molecule is CC(C)(C)c1ccc(C(=O)Nc2cccc(NC(=O)C3CCCN(Cc4nc(-c5ccc(Cl)cc5)no4)C3)c2)cc1. The number of likely N-dealkylation sites (tertiary alicyclic amines) is 1. The van der Waals surface area contributed by atoms with E-state index in [0.717, 1.165) is 24.9 Å². The summed E-state index contributed by atoms with van der Waals surface area (Å²) in [5, 5.41) is 10.7. The van der Waals surface area contributed by atoms with Crippen molar-refractivity contribution in [1.82, 2.24) is 15.0 Å². The average molecular weight is 572 g/mol. The number of hydrogen-bond donors (Lipinski definition) is 2. The van der Waals surface area contributed by atoms with Gasteiger partial charge in [0.1, 0.15) is 0 Å². The maximum Gasteiger partial charge on any atom is 0.255 e. The molecule has 41 heavy (non-hydrogen) atoms. The van der Waals surface area contributed by atoms with Crippen LogP contribution in [0.4, 0.5) is 11.4 Å². The van der Waals surface area contributed by atoms with Crippen LogP contribution in [-0.4, -0.2) is 39.9 Å². The third-order valence-electron chi connectivity index (χ3n) is 7.21. The summed E-state index contributed by atoms with van der Waals surface area (Å²) in [6.07, 6.45) is 1.68. The van der Waals surface area contributed by atoms with Gasteiger partial charge >= 0.3 is 0 Å². The molecule has 1 unspecified atom stereocenters. The average Bonchev–Trinajstić information content (AvgIpc) is 3.41. The largest absolute Gasteiger partial charge is 0.338 e. The lowest BCUT2D eigenvalue weighted by molar-refractivity contribution is -0.121. The first-order valence-corrected chi connectivity index (χ1v) is 14.2. The summed E-state index contributed by atoms with van der Waals surface area (Å²) in [6, 6.07) is 22.1. The fraction of sp³-hybridized carbons (Fsp3) is 0.312. The van der Waals surface area contributed by atoms with Crippen LogP contribution in [0.15, 0.2) is 77.3 Å². The van der Waals surface area contributed by atoms with Crippen LogP contribution < -0.4 is 10.6 Å². The van der Waals surface area contributed by atoms with E-state index in [9.17, 15) is 9.59 Å². The second-order valence-corrected chi connectivity index (χ2v) is 11.9. The molecule has 0 bridgehead atoms. The molecule has 9 heteroatoms. The molecule has 8 nitrogen and oxygen atoms in total. The molecular formula is C32H34ClN5O3. The molecule has 2 amide bonds. The third-order valence-corrected chi connectivity index (χ3v) is 7.46. The summed E-state index contributed by atoms with van der Waals surface area (Å²) in [5.41, 5.74) is 3.85. The van der Waals surface area contributed by atoms with Crippen LogP contribution in [-0.2, 0) is 16.8 Å². The van der Waals surface area contributed by atoms with Crippen LogP contribution in [0.25, 0.3) is 11.4 Å². The van der Waals surface area contributed by atoms with E-state index in [1.165, 1.54) is 5.56 Å². The first-order valence-electron chi connectivity index (χ1n) is 13.8. The number of hydrogen-bond acceptors (Lipinski definition) is 6. The van der Waals surface area contributed by atoms with Crippen LogP contribution in [0.1, 0.15) is 55.4 Å². The Morgan fingerprint density at radius 3 is 2.41 bits per heavy atom. The number of aromatic nitrogens is 2. The second kappa shape index (κ2) is 12.2. The van der Waals surface area contributed by atoms with Crippen molar-refractivity contribution < 1.29 is 14.1 Å². The lowest BCUT2D eigenvalue weighted by Gasteiger charge is -2.30. The van der Waals surface area contributed by atoms with Crippen molar-refractivity contribution in [2.75, 3.05) is 23.7 Å². The van der Waals surface area contributed by atoms with E-state index < -0.39 is 0 Å². The second-order valence-electron chi connectivity index (χ2n) is 11.4. The molecule has 1 saturated heterocycles. The Morgan fingerprint density at radius 2 is 1.71 bits per heavy atom. The van der Waals surface area contributed by atoms with Crippen LogP contribution in [0.5, 0.6) is 0 Å². The Bertz CT molecular complexity index is 1510. The van der Waals surface area contributed by atoms with E-state index in [4.69, 9.17) is 16.1 Å². The third kappa shape index (κ3) is 7.39. The van der Waals surface area contributed by atoms with Crippen molar-refractivity contribution in [3.8, 4) is 11.4 Å². The predicted molar refractivity (Wildman–Crippen MR) is 161 cm³/mol. The Morgan fingerprint density at radius 1 is 1.00 bits per heavy atom. The molecule has 1 aliphatic rings. The van der Waals surface area contributed by atoms with E-state index >= 15 is 0 Å². The number of carbonyl (C=O) groups is 2. The molecule has 5 rings (SSSR count). The van der Waals surface area contributed by atoms with Crippen LogP contribution >= 0.6 is 11.6 Å². The van der Waals surface area contributed by atoms with Gasteiger partial charge in [0.05, 0.1) is 12.5 Å². The number of rotatable bonds is 7. The van der Waals surface area contributed by atoms with Crippen molar-refractivity contribution in [2.45, 2.75) is 45.6 Å². The zero-order chi connectivity index (χ0) is 29.0. The molecule has 212 valence electrons. The van der Waals surface area contributed by atoms with Gasteiger partial charge in [-0.1, -0.05) is 55.7 Å². The zero-order valence-corrected chi connectivity index (χ0v) is 24.2. The maximum absolute atomic E-state index is 13.2. The van der Waals surface area contributed by atoms with Gasteiger partial charge in [-0.3, -0.25) is 14.5 Å². The highest BCUT2D eigenvalue weighted by Gasteiger charge is 2.27. The fourth-order valence-electron chi connectivity index (χ4n) is 4.88. The quantitative estimate of drug-likeness (QED) is 0.253. The Kier molecular flexibility index (Phi) is 8.52. The van der Waals surface area contributed by atoms with E-state index in [1.807, 2.05) is 54.6 Å². The highest BCUT2D eigenvalue weighted by molar-refractivity contribution is 6.30. The van der Waals surface area contributed by atoms with Gasteiger partial charge in [0.15, 0.2) is 0 Å². The Hall–Kier alpha value is -4.01. The summed E-state index contributed by atoms with van der Waals surface area (Å²) in [6.45, 7) is 8.33. The number of benzene rings is 3. The molecule has 0 spiro atoms. The lowest BCUT2D eigenvalue weighted by atomic mass is 9.87. The highest BCUT2D eigenvalue weighted by atomic mass is 35.5.